The molecule has 2 aromatic rings. The molecule has 140 valence electrons. The van der Waals surface area contributed by atoms with E-state index in [1.165, 1.54) is 27.8 Å². The summed E-state index contributed by atoms with van der Waals surface area (Å²) < 4.78 is 32.0. The number of benzene rings is 1. The lowest BCUT2D eigenvalue weighted by atomic mass is 10.1. The Hall–Kier alpha value is -1.88. The highest BCUT2D eigenvalue weighted by molar-refractivity contribution is 7.89. The van der Waals surface area contributed by atoms with Gasteiger partial charge in [-0.1, -0.05) is 30.4 Å². The van der Waals surface area contributed by atoms with Crippen LogP contribution in [0, 0.1) is 0 Å². The van der Waals surface area contributed by atoms with Gasteiger partial charge in [0, 0.05) is 18.7 Å². The quantitative estimate of drug-likeness (QED) is 0.706. The topological polar surface area (TPSA) is 101 Å². The van der Waals surface area contributed by atoms with Gasteiger partial charge in [0.25, 0.3) is 0 Å². The fourth-order valence-corrected chi connectivity index (χ4v) is 4.62. The summed E-state index contributed by atoms with van der Waals surface area (Å²) in [5.41, 5.74) is 0.340. The Bertz CT molecular complexity index is 876. The van der Waals surface area contributed by atoms with Crippen LogP contribution in [-0.4, -0.2) is 61.6 Å². The number of aryl methyl sites for hydroxylation is 1. The highest BCUT2D eigenvalue weighted by atomic mass is 32.2. The van der Waals surface area contributed by atoms with Crippen molar-refractivity contribution in [3.05, 3.63) is 34.8 Å². The molecule has 0 saturated carbocycles. The van der Waals surface area contributed by atoms with Gasteiger partial charge in [0.2, 0.25) is 15.2 Å². The molecule has 0 aliphatic carbocycles. The van der Waals surface area contributed by atoms with Crippen molar-refractivity contribution in [1.29, 1.82) is 0 Å². The Morgan fingerprint density at radius 2 is 2.08 bits per heavy atom. The standard InChI is InChI=1S/C16H20N4O4S2/c1-2-15-18-19-16(25-15)17-11-14(21)12-4-3-5-13(10-12)26(22,23)20-6-8-24-9-7-20/h3-5,10H,2,6-9,11H2,1H3,(H,17,19). The molecule has 0 radical (unpaired) electrons. The number of nitrogens with one attached hydrogen (secondary N) is 1. The Balaban J connectivity index is 1.70. The number of carbonyl (C=O) groups excluding carboxylic acids is 1. The highest BCUT2D eigenvalue weighted by Gasteiger charge is 2.26. The molecule has 0 amide bonds. The second-order valence-corrected chi connectivity index (χ2v) is 8.68. The van der Waals surface area contributed by atoms with Crippen LogP contribution in [0.3, 0.4) is 0 Å². The molecule has 10 heteroatoms. The molecule has 1 aromatic carbocycles. The molecule has 0 atom stereocenters. The van der Waals surface area contributed by atoms with Crippen molar-refractivity contribution in [2.75, 3.05) is 38.2 Å². The Labute approximate surface area is 156 Å². The van der Waals surface area contributed by atoms with E-state index in [2.05, 4.69) is 15.5 Å². The number of hydrogen-bond acceptors (Lipinski definition) is 8. The first-order valence-corrected chi connectivity index (χ1v) is 10.5. The Kier molecular flexibility index (Phi) is 5.97. The van der Waals surface area contributed by atoms with Crippen molar-refractivity contribution in [1.82, 2.24) is 14.5 Å². The largest absolute Gasteiger partial charge is 0.379 e. The monoisotopic (exact) mass is 396 g/mol. The molecule has 1 saturated heterocycles. The first-order valence-electron chi connectivity index (χ1n) is 8.28. The normalized spacial score (nSPS) is 15.7. The highest BCUT2D eigenvalue weighted by Crippen LogP contribution is 2.19. The van der Waals surface area contributed by atoms with Gasteiger partial charge in [-0.05, 0) is 18.6 Å². The van der Waals surface area contributed by atoms with Crippen LogP contribution in [0.25, 0.3) is 0 Å². The van der Waals surface area contributed by atoms with Gasteiger partial charge in [-0.15, -0.1) is 10.2 Å². The number of hydrogen-bond donors (Lipinski definition) is 1. The van der Waals surface area contributed by atoms with Crippen LogP contribution in [-0.2, 0) is 21.2 Å². The van der Waals surface area contributed by atoms with Gasteiger partial charge in [0.15, 0.2) is 5.78 Å². The van der Waals surface area contributed by atoms with Crippen LogP contribution >= 0.6 is 11.3 Å². The zero-order valence-electron chi connectivity index (χ0n) is 14.3. The molecule has 8 nitrogen and oxygen atoms in total. The van der Waals surface area contributed by atoms with Crippen LogP contribution in [0.4, 0.5) is 5.13 Å². The van der Waals surface area contributed by atoms with Gasteiger partial charge in [0.1, 0.15) is 5.01 Å². The number of ether oxygens (including phenoxy) is 1. The van der Waals surface area contributed by atoms with Gasteiger partial charge < -0.3 is 10.1 Å². The summed E-state index contributed by atoms with van der Waals surface area (Å²) in [6, 6.07) is 6.13. The third-order valence-corrected chi connectivity index (χ3v) is 6.85. The van der Waals surface area contributed by atoms with E-state index in [0.717, 1.165) is 11.4 Å². The number of rotatable bonds is 7. The number of Topliss-reactive ketones (excluding diaryl/α,β-unsaturated/α-hetero) is 1. The predicted octanol–water partition coefficient (Wildman–Crippen LogP) is 1.42. The maximum atomic E-state index is 12.7. The molecule has 1 aliphatic rings. The summed E-state index contributed by atoms with van der Waals surface area (Å²) in [6.07, 6.45) is 0.786. The molecular formula is C16H20N4O4S2. The molecule has 1 N–H and O–H groups in total. The van der Waals surface area contributed by atoms with Gasteiger partial charge in [0.05, 0.1) is 24.7 Å². The third-order valence-electron chi connectivity index (χ3n) is 3.93. The molecular weight excluding hydrogens is 376 g/mol. The molecule has 1 aliphatic heterocycles. The molecule has 0 spiro atoms. The average Bonchev–Trinajstić information content (AvgIpc) is 3.15. The number of anilines is 1. The summed E-state index contributed by atoms with van der Waals surface area (Å²) in [4.78, 5) is 12.5. The van der Waals surface area contributed by atoms with Crippen molar-refractivity contribution in [3.63, 3.8) is 0 Å². The van der Waals surface area contributed by atoms with E-state index >= 15 is 0 Å². The van der Waals surface area contributed by atoms with Crippen LogP contribution in [0.2, 0.25) is 0 Å². The van der Waals surface area contributed by atoms with E-state index < -0.39 is 10.0 Å². The van der Waals surface area contributed by atoms with Crippen LogP contribution in [0.1, 0.15) is 22.3 Å². The predicted molar refractivity (Wildman–Crippen MR) is 98.1 cm³/mol. The van der Waals surface area contributed by atoms with E-state index in [1.807, 2.05) is 6.92 Å². The molecule has 1 fully saturated rings. The fraction of sp³-hybridized carbons (Fsp3) is 0.438. The number of carbonyl (C=O) groups is 1. The number of ketones is 1. The minimum absolute atomic E-state index is 0.0272. The van der Waals surface area contributed by atoms with Crippen LogP contribution in [0.5, 0.6) is 0 Å². The molecule has 2 heterocycles. The maximum Gasteiger partial charge on any atom is 0.243 e. The summed E-state index contributed by atoms with van der Waals surface area (Å²) in [5.74, 6) is -0.211. The van der Waals surface area contributed by atoms with Gasteiger partial charge in [-0.25, -0.2) is 8.42 Å². The van der Waals surface area contributed by atoms with Crippen LogP contribution in [0.15, 0.2) is 29.2 Å². The van der Waals surface area contributed by atoms with E-state index in [-0.39, 0.29) is 17.2 Å². The number of aromatic nitrogens is 2. The lowest BCUT2D eigenvalue weighted by molar-refractivity contribution is 0.0730. The first-order chi connectivity index (χ1) is 12.5. The molecule has 3 rings (SSSR count). The van der Waals surface area contributed by atoms with Gasteiger partial charge in [-0.2, -0.15) is 4.31 Å². The lowest BCUT2D eigenvalue weighted by Gasteiger charge is -2.26. The lowest BCUT2D eigenvalue weighted by Crippen LogP contribution is -2.40. The third kappa shape index (κ3) is 4.26. The SMILES string of the molecule is CCc1nnc(NCC(=O)c2cccc(S(=O)(=O)N3CCOCC3)c2)s1. The minimum Gasteiger partial charge on any atom is -0.379 e. The molecule has 1 aromatic heterocycles. The van der Waals surface area contributed by atoms with Gasteiger partial charge in [-0.3, -0.25) is 4.79 Å². The zero-order valence-corrected chi connectivity index (χ0v) is 16.0. The molecule has 26 heavy (non-hydrogen) atoms. The van der Waals surface area contributed by atoms with Crippen molar-refractivity contribution in [3.8, 4) is 0 Å². The smallest absolute Gasteiger partial charge is 0.243 e. The Morgan fingerprint density at radius 3 is 2.77 bits per heavy atom. The number of sulfonamides is 1. The van der Waals surface area contributed by atoms with Crippen molar-refractivity contribution < 1.29 is 17.9 Å². The average molecular weight is 396 g/mol. The van der Waals surface area contributed by atoms with Crippen molar-refractivity contribution >= 4 is 32.3 Å². The second kappa shape index (κ2) is 8.21. The number of morpholine rings is 1. The van der Waals surface area contributed by atoms with E-state index in [0.29, 0.717) is 37.0 Å². The zero-order chi connectivity index (χ0) is 18.6. The summed E-state index contributed by atoms with van der Waals surface area (Å²) in [7, 11) is -3.62. The van der Waals surface area contributed by atoms with Gasteiger partial charge >= 0.3 is 0 Å². The van der Waals surface area contributed by atoms with E-state index in [9.17, 15) is 13.2 Å². The Morgan fingerprint density at radius 1 is 1.31 bits per heavy atom. The summed E-state index contributed by atoms with van der Waals surface area (Å²) >= 11 is 1.40. The fourth-order valence-electron chi connectivity index (χ4n) is 2.49. The van der Waals surface area contributed by atoms with Crippen molar-refractivity contribution in [2.45, 2.75) is 18.2 Å². The van der Waals surface area contributed by atoms with Crippen molar-refractivity contribution in [2.24, 2.45) is 0 Å². The second-order valence-electron chi connectivity index (χ2n) is 5.68. The van der Waals surface area contributed by atoms with E-state index in [4.69, 9.17) is 4.74 Å². The minimum atomic E-state index is -3.62. The maximum absolute atomic E-state index is 12.7. The summed E-state index contributed by atoms with van der Waals surface area (Å²) in [6.45, 7) is 3.40. The first kappa shape index (κ1) is 18.9. The van der Waals surface area contributed by atoms with E-state index in [1.54, 1.807) is 12.1 Å². The van der Waals surface area contributed by atoms with Crippen LogP contribution < -0.4 is 5.32 Å². The summed E-state index contributed by atoms with van der Waals surface area (Å²) in [5, 5.41) is 12.3. The molecule has 0 bridgehead atoms. The molecule has 0 unspecified atom stereocenters. The number of nitrogens with zero attached hydrogens (tertiary/aromatic N) is 3.